The van der Waals surface area contributed by atoms with Crippen molar-refractivity contribution in [3.05, 3.63) is 48.2 Å². The standard InChI is InChI=1S/C17H21N3O2/c1-12-6-8-20(15(10-12)16-4-3-9-22-16)17(21)19-14-5-7-18-11-13(14)2/h3-5,7,9,11-12,15H,6,8,10H2,1-2H3,(H,18,19,21)/t12-,15-/m0/s1. The number of nitrogens with one attached hydrogen (secondary N) is 1. The van der Waals surface area contributed by atoms with Crippen LogP contribution < -0.4 is 5.32 Å². The van der Waals surface area contributed by atoms with Crippen molar-refractivity contribution in [2.75, 3.05) is 11.9 Å². The zero-order valence-corrected chi connectivity index (χ0v) is 13.0. The van der Waals surface area contributed by atoms with E-state index in [1.165, 1.54) is 0 Å². The van der Waals surface area contributed by atoms with Gasteiger partial charge in [0.05, 0.1) is 12.3 Å². The molecule has 0 aliphatic carbocycles. The largest absolute Gasteiger partial charge is 0.467 e. The smallest absolute Gasteiger partial charge is 0.322 e. The van der Waals surface area contributed by atoms with E-state index in [1.54, 1.807) is 18.7 Å². The van der Waals surface area contributed by atoms with E-state index in [0.29, 0.717) is 5.92 Å². The van der Waals surface area contributed by atoms with E-state index in [1.807, 2.05) is 30.0 Å². The Morgan fingerprint density at radius 1 is 1.45 bits per heavy atom. The predicted octanol–water partition coefficient (Wildman–Crippen LogP) is 3.99. The monoisotopic (exact) mass is 299 g/mol. The van der Waals surface area contributed by atoms with Crippen molar-refractivity contribution in [1.82, 2.24) is 9.88 Å². The first-order chi connectivity index (χ1) is 10.6. The molecule has 1 aliphatic rings. The first kappa shape index (κ1) is 14.6. The normalized spacial score (nSPS) is 21.6. The first-order valence-corrected chi connectivity index (χ1v) is 7.67. The lowest BCUT2D eigenvalue weighted by molar-refractivity contribution is 0.129. The molecule has 3 heterocycles. The zero-order chi connectivity index (χ0) is 15.5. The molecule has 2 atom stereocenters. The van der Waals surface area contributed by atoms with Gasteiger partial charge in [0.2, 0.25) is 0 Å². The molecule has 0 radical (unpaired) electrons. The summed E-state index contributed by atoms with van der Waals surface area (Å²) >= 11 is 0. The number of likely N-dealkylation sites (tertiary alicyclic amines) is 1. The van der Waals surface area contributed by atoms with Crippen LogP contribution in [0.2, 0.25) is 0 Å². The third-order valence-corrected chi connectivity index (χ3v) is 4.26. The summed E-state index contributed by atoms with van der Waals surface area (Å²) in [5.74, 6) is 1.44. The minimum absolute atomic E-state index is 0.000827. The molecule has 5 heteroatoms. The Hall–Kier alpha value is -2.30. The lowest BCUT2D eigenvalue weighted by Crippen LogP contribution is -2.42. The number of nitrogens with zero attached hydrogens (tertiary/aromatic N) is 2. The maximum Gasteiger partial charge on any atom is 0.322 e. The van der Waals surface area contributed by atoms with Gasteiger partial charge in [-0.05, 0) is 49.4 Å². The number of rotatable bonds is 2. The van der Waals surface area contributed by atoms with E-state index in [9.17, 15) is 4.79 Å². The highest BCUT2D eigenvalue weighted by atomic mass is 16.3. The highest BCUT2D eigenvalue weighted by molar-refractivity contribution is 5.90. The quantitative estimate of drug-likeness (QED) is 0.912. The van der Waals surface area contributed by atoms with Crippen molar-refractivity contribution in [3.8, 4) is 0 Å². The van der Waals surface area contributed by atoms with Crippen LogP contribution in [-0.4, -0.2) is 22.5 Å². The number of urea groups is 1. The molecule has 0 unspecified atom stereocenters. The fourth-order valence-corrected chi connectivity index (χ4v) is 2.94. The second-order valence-corrected chi connectivity index (χ2v) is 5.97. The maximum atomic E-state index is 12.7. The average Bonchev–Trinajstić information content (AvgIpc) is 3.03. The van der Waals surface area contributed by atoms with E-state index in [2.05, 4.69) is 17.2 Å². The molecule has 0 spiro atoms. The summed E-state index contributed by atoms with van der Waals surface area (Å²) in [5.41, 5.74) is 1.76. The Balaban J connectivity index is 1.79. The molecule has 22 heavy (non-hydrogen) atoms. The Morgan fingerprint density at radius 2 is 2.32 bits per heavy atom. The lowest BCUT2D eigenvalue weighted by Gasteiger charge is -2.37. The maximum absolute atomic E-state index is 12.7. The van der Waals surface area contributed by atoms with Crippen LogP contribution in [-0.2, 0) is 0 Å². The van der Waals surface area contributed by atoms with Gasteiger partial charge in [-0.2, -0.15) is 0 Å². The van der Waals surface area contributed by atoms with Crippen LogP contribution in [0.25, 0.3) is 0 Å². The number of hydrogen-bond acceptors (Lipinski definition) is 3. The van der Waals surface area contributed by atoms with Gasteiger partial charge in [-0.1, -0.05) is 6.92 Å². The van der Waals surface area contributed by atoms with Gasteiger partial charge in [-0.25, -0.2) is 4.79 Å². The Bertz CT molecular complexity index is 639. The third-order valence-electron chi connectivity index (χ3n) is 4.26. The summed E-state index contributed by atoms with van der Waals surface area (Å²) in [4.78, 5) is 18.6. The van der Waals surface area contributed by atoms with Crippen LogP contribution in [0.5, 0.6) is 0 Å². The molecular formula is C17H21N3O2. The van der Waals surface area contributed by atoms with Gasteiger partial charge < -0.3 is 14.6 Å². The van der Waals surface area contributed by atoms with E-state index < -0.39 is 0 Å². The molecule has 0 aromatic carbocycles. The van der Waals surface area contributed by atoms with E-state index in [4.69, 9.17) is 4.42 Å². The number of anilines is 1. The number of hydrogen-bond donors (Lipinski definition) is 1. The number of amides is 2. The number of pyridine rings is 1. The summed E-state index contributed by atoms with van der Waals surface area (Å²) in [6.45, 7) is 4.89. The number of carbonyl (C=O) groups excluding carboxylic acids is 1. The molecule has 1 saturated heterocycles. The van der Waals surface area contributed by atoms with Gasteiger partial charge in [-0.15, -0.1) is 0 Å². The van der Waals surface area contributed by atoms with Crippen molar-refractivity contribution in [2.24, 2.45) is 5.92 Å². The second kappa shape index (κ2) is 6.22. The summed E-state index contributed by atoms with van der Waals surface area (Å²) in [6, 6.07) is 5.56. The zero-order valence-electron chi connectivity index (χ0n) is 13.0. The van der Waals surface area contributed by atoms with Crippen molar-refractivity contribution < 1.29 is 9.21 Å². The summed E-state index contributed by atoms with van der Waals surface area (Å²) in [7, 11) is 0. The summed E-state index contributed by atoms with van der Waals surface area (Å²) in [6.07, 6.45) is 7.04. The van der Waals surface area contributed by atoms with Crippen molar-refractivity contribution in [3.63, 3.8) is 0 Å². The summed E-state index contributed by atoms with van der Waals surface area (Å²) in [5, 5.41) is 2.99. The van der Waals surface area contributed by atoms with Crippen LogP contribution in [0.4, 0.5) is 10.5 Å². The molecular weight excluding hydrogens is 278 g/mol. The van der Waals surface area contributed by atoms with Gasteiger partial charge in [0.15, 0.2) is 0 Å². The van der Waals surface area contributed by atoms with Gasteiger partial charge in [0.1, 0.15) is 5.76 Å². The van der Waals surface area contributed by atoms with E-state index >= 15 is 0 Å². The highest BCUT2D eigenvalue weighted by Gasteiger charge is 2.32. The fraction of sp³-hybridized carbons (Fsp3) is 0.412. The third kappa shape index (κ3) is 2.98. The summed E-state index contributed by atoms with van der Waals surface area (Å²) < 4.78 is 5.54. The molecule has 1 aliphatic heterocycles. The SMILES string of the molecule is Cc1cnccc1NC(=O)N1CC[C@H](C)C[C@H]1c1ccco1. The first-order valence-electron chi connectivity index (χ1n) is 7.67. The second-order valence-electron chi connectivity index (χ2n) is 5.97. The number of aromatic nitrogens is 1. The van der Waals surface area contributed by atoms with Crippen LogP contribution in [0.3, 0.4) is 0 Å². The van der Waals surface area contributed by atoms with Crippen LogP contribution >= 0.6 is 0 Å². The number of aryl methyl sites for hydroxylation is 1. The minimum atomic E-state index is -0.0809. The lowest BCUT2D eigenvalue weighted by atomic mass is 9.91. The Kier molecular flexibility index (Phi) is 4.13. The van der Waals surface area contributed by atoms with Crippen molar-refractivity contribution >= 4 is 11.7 Å². The molecule has 2 aromatic heterocycles. The van der Waals surface area contributed by atoms with Crippen LogP contribution in [0, 0.1) is 12.8 Å². The molecule has 1 N–H and O–H groups in total. The van der Waals surface area contributed by atoms with Crippen LogP contribution in [0.15, 0.2) is 41.3 Å². The van der Waals surface area contributed by atoms with E-state index in [-0.39, 0.29) is 12.1 Å². The van der Waals surface area contributed by atoms with Crippen molar-refractivity contribution in [2.45, 2.75) is 32.7 Å². The Morgan fingerprint density at radius 3 is 3.05 bits per heavy atom. The molecule has 0 bridgehead atoms. The van der Waals surface area contributed by atoms with E-state index in [0.717, 1.165) is 36.4 Å². The van der Waals surface area contributed by atoms with Gasteiger partial charge in [-0.3, -0.25) is 4.98 Å². The van der Waals surface area contributed by atoms with Crippen LogP contribution in [0.1, 0.15) is 37.1 Å². The molecule has 0 saturated carbocycles. The fourth-order valence-electron chi connectivity index (χ4n) is 2.94. The predicted molar refractivity (Wildman–Crippen MR) is 84.5 cm³/mol. The molecule has 5 nitrogen and oxygen atoms in total. The molecule has 2 amide bonds. The highest BCUT2D eigenvalue weighted by Crippen LogP contribution is 2.34. The molecule has 3 rings (SSSR count). The molecule has 1 fully saturated rings. The average molecular weight is 299 g/mol. The molecule has 116 valence electrons. The van der Waals surface area contributed by atoms with Gasteiger partial charge in [0, 0.05) is 24.6 Å². The number of furan rings is 1. The van der Waals surface area contributed by atoms with Gasteiger partial charge in [0.25, 0.3) is 0 Å². The molecule has 2 aromatic rings. The number of carbonyl (C=O) groups is 1. The van der Waals surface area contributed by atoms with Gasteiger partial charge >= 0.3 is 6.03 Å². The minimum Gasteiger partial charge on any atom is -0.467 e. The Labute approximate surface area is 130 Å². The number of piperidine rings is 1. The van der Waals surface area contributed by atoms with Crippen molar-refractivity contribution in [1.29, 1.82) is 0 Å². The topological polar surface area (TPSA) is 58.4 Å².